The van der Waals surface area contributed by atoms with Crippen molar-refractivity contribution in [2.75, 3.05) is 18.5 Å². The van der Waals surface area contributed by atoms with Crippen LogP contribution in [-0.4, -0.2) is 27.3 Å². The molecule has 8 nitrogen and oxygen atoms in total. The molecule has 30 heavy (non-hydrogen) atoms. The lowest BCUT2D eigenvalue weighted by Gasteiger charge is -2.20. The lowest BCUT2D eigenvalue weighted by molar-refractivity contribution is 0.171. The maximum atomic E-state index is 13.3. The van der Waals surface area contributed by atoms with E-state index >= 15 is 0 Å². The average molecular weight is 412 g/mol. The average Bonchev–Trinajstić information content (AvgIpc) is 2.72. The molecular formula is C21H21FN4O4. The van der Waals surface area contributed by atoms with Crippen molar-refractivity contribution in [2.24, 2.45) is 0 Å². The second kappa shape index (κ2) is 8.02. The van der Waals surface area contributed by atoms with Gasteiger partial charge in [-0.2, -0.15) is 4.98 Å². The van der Waals surface area contributed by atoms with Crippen LogP contribution in [0.1, 0.15) is 25.5 Å². The standard InChI is InChI=1S/C21H21FN4O4/c1-13(2)26-20(27)24-19(23-16-7-8-17-18(11-16)30-10-9-29-17)25(21(26)28)12-14-3-5-15(22)6-4-14/h3-8,11,13H,9-10,12H2,1-2H3,(H,23,24,27). The fourth-order valence-corrected chi connectivity index (χ4v) is 3.21. The Morgan fingerprint density at radius 1 is 1.07 bits per heavy atom. The van der Waals surface area contributed by atoms with E-state index in [2.05, 4.69) is 10.3 Å². The molecule has 3 aromatic rings. The minimum Gasteiger partial charge on any atom is -0.486 e. The molecule has 0 aliphatic carbocycles. The summed E-state index contributed by atoms with van der Waals surface area (Å²) in [5, 5.41) is 3.03. The van der Waals surface area contributed by atoms with Gasteiger partial charge in [-0.25, -0.2) is 18.5 Å². The number of hydrogen-bond acceptors (Lipinski definition) is 6. The number of anilines is 2. The molecule has 0 saturated heterocycles. The smallest absolute Gasteiger partial charge is 0.355 e. The Kier molecular flexibility index (Phi) is 5.26. The first-order valence-electron chi connectivity index (χ1n) is 9.57. The SMILES string of the molecule is CC(C)n1c(=O)nc(Nc2ccc3c(c2)OCCO3)n(Cc2ccc(F)cc2)c1=O. The largest absolute Gasteiger partial charge is 0.486 e. The zero-order valence-corrected chi connectivity index (χ0v) is 16.6. The number of rotatable bonds is 5. The monoisotopic (exact) mass is 412 g/mol. The highest BCUT2D eigenvalue weighted by Gasteiger charge is 2.17. The molecule has 0 atom stereocenters. The number of nitrogens with zero attached hydrogens (tertiary/aromatic N) is 3. The molecule has 0 radical (unpaired) electrons. The van der Waals surface area contributed by atoms with E-state index in [0.717, 1.165) is 4.57 Å². The first-order chi connectivity index (χ1) is 14.4. The number of halogens is 1. The third-order valence-corrected chi connectivity index (χ3v) is 4.67. The summed E-state index contributed by atoms with van der Waals surface area (Å²) in [6.07, 6.45) is 0. The van der Waals surface area contributed by atoms with Crippen LogP contribution in [0.25, 0.3) is 0 Å². The molecule has 2 heterocycles. The van der Waals surface area contributed by atoms with Crippen LogP contribution in [0.15, 0.2) is 52.1 Å². The van der Waals surface area contributed by atoms with Gasteiger partial charge in [0.05, 0.1) is 6.54 Å². The molecule has 0 unspecified atom stereocenters. The second-order valence-corrected chi connectivity index (χ2v) is 7.16. The van der Waals surface area contributed by atoms with Crippen LogP contribution in [-0.2, 0) is 6.54 Å². The highest BCUT2D eigenvalue weighted by molar-refractivity contribution is 5.60. The van der Waals surface area contributed by atoms with Crippen LogP contribution in [0.3, 0.4) is 0 Å². The van der Waals surface area contributed by atoms with Crippen LogP contribution in [0.4, 0.5) is 16.0 Å². The van der Waals surface area contributed by atoms with Gasteiger partial charge >= 0.3 is 11.4 Å². The summed E-state index contributed by atoms with van der Waals surface area (Å²) in [4.78, 5) is 29.6. The molecule has 2 aromatic carbocycles. The summed E-state index contributed by atoms with van der Waals surface area (Å²) in [5.41, 5.74) is 0.125. The third kappa shape index (κ3) is 3.91. The van der Waals surface area contributed by atoms with Crippen molar-refractivity contribution in [3.8, 4) is 11.5 Å². The number of hydrogen-bond donors (Lipinski definition) is 1. The summed E-state index contributed by atoms with van der Waals surface area (Å²) < 4.78 is 26.8. The Morgan fingerprint density at radius 3 is 2.47 bits per heavy atom. The topological polar surface area (TPSA) is 87.4 Å². The Hall–Kier alpha value is -3.62. The fourth-order valence-electron chi connectivity index (χ4n) is 3.21. The highest BCUT2D eigenvalue weighted by atomic mass is 19.1. The Balaban J connectivity index is 1.77. The first kappa shape index (κ1) is 19.7. The number of fused-ring (bicyclic) bond motifs is 1. The normalized spacial score (nSPS) is 12.8. The van der Waals surface area contributed by atoms with Gasteiger partial charge in [0.1, 0.15) is 19.0 Å². The predicted octanol–water partition coefficient (Wildman–Crippen LogP) is 2.69. The molecule has 1 aromatic heterocycles. The Bertz CT molecular complexity index is 1190. The van der Waals surface area contributed by atoms with E-state index in [0.29, 0.717) is 36.0 Å². The highest BCUT2D eigenvalue weighted by Crippen LogP contribution is 2.33. The van der Waals surface area contributed by atoms with Gasteiger partial charge in [0.2, 0.25) is 5.95 Å². The third-order valence-electron chi connectivity index (χ3n) is 4.67. The van der Waals surface area contributed by atoms with Gasteiger partial charge in [-0.1, -0.05) is 12.1 Å². The lowest BCUT2D eigenvalue weighted by atomic mass is 10.2. The summed E-state index contributed by atoms with van der Waals surface area (Å²) in [6, 6.07) is 10.7. The Morgan fingerprint density at radius 2 is 1.77 bits per heavy atom. The summed E-state index contributed by atoms with van der Waals surface area (Å²) in [6.45, 7) is 4.51. The van der Waals surface area contributed by atoms with Crippen molar-refractivity contribution in [1.29, 1.82) is 0 Å². The molecule has 1 N–H and O–H groups in total. The predicted molar refractivity (Wildman–Crippen MR) is 109 cm³/mol. The minimum atomic E-state index is -0.648. The van der Waals surface area contributed by atoms with E-state index in [9.17, 15) is 14.0 Å². The van der Waals surface area contributed by atoms with Gasteiger partial charge in [-0.15, -0.1) is 0 Å². The Labute approximate surface area is 171 Å². The molecule has 0 bridgehead atoms. The zero-order valence-electron chi connectivity index (χ0n) is 16.6. The van der Waals surface area contributed by atoms with Crippen molar-refractivity contribution >= 4 is 11.6 Å². The van der Waals surface area contributed by atoms with E-state index in [4.69, 9.17) is 9.47 Å². The zero-order chi connectivity index (χ0) is 21.3. The molecule has 0 fully saturated rings. The van der Waals surface area contributed by atoms with Crippen molar-refractivity contribution < 1.29 is 13.9 Å². The number of benzene rings is 2. The minimum absolute atomic E-state index is 0.0860. The van der Waals surface area contributed by atoms with Gasteiger partial charge in [0.15, 0.2) is 11.5 Å². The van der Waals surface area contributed by atoms with Crippen LogP contribution in [0.2, 0.25) is 0 Å². The summed E-state index contributed by atoms with van der Waals surface area (Å²) >= 11 is 0. The molecule has 156 valence electrons. The van der Waals surface area contributed by atoms with Gasteiger partial charge < -0.3 is 14.8 Å². The van der Waals surface area contributed by atoms with E-state index in [1.807, 2.05) is 0 Å². The van der Waals surface area contributed by atoms with Crippen molar-refractivity contribution in [2.45, 2.75) is 26.4 Å². The van der Waals surface area contributed by atoms with E-state index in [1.165, 1.54) is 16.7 Å². The summed E-state index contributed by atoms with van der Waals surface area (Å²) in [7, 11) is 0. The molecule has 0 spiro atoms. The van der Waals surface area contributed by atoms with Gasteiger partial charge in [0.25, 0.3) is 0 Å². The van der Waals surface area contributed by atoms with Crippen LogP contribution in [0.5, 0.6) is 11.5 Å². The van der Waals surface area contributed by atoms with Crippen LogP contribution in [0, 0.1) is 5.82 Å². The molecule has 1 aliphatic rings. The fraction of sp³-hybridized carbons (Fsp3) is 0.286. The molecule has 0 saturated carbocycles. The quantitative estimate of drug-likeness (QED) is 0.693. The molecule has 0 amide bonds. The van der Waals surface area contributed by atoms with Crippen molar-refractivity contribution in [1.82, 2.24) is 14.1 Å². The van der Waals surface area contributed by atoms with Crippen molar-refractivity contribution in [3.63, 3.8) is 0 Å². The second-order valence-electron chi connectivity index (χ2n) is 7.16. The molecule has 9 heteroatoms. The van der Waals surface area contributed by atoms with E-state index < -0.39 is 11.4 Å². The van der Waals surface area contributed by atoms with Crippen molar-refractivity contribution in [3.05, 3.63) is 74.8 Å². The maximum absolute atomic E-state index is 13.3. The molecule has 1 aliphatic heterocycles. The van der Waals surface area contributed by atoms with Crippen LogP contribution < -0.4 is 26.2 Å². The lowest BCUT2D eigenvalue weighted by Crippen LogP contribution is -2.43. The summed E-state index contributed by atoms with van der Waals surface area (Å²) in [5.74, 6) is 0.904. The number of nitrogens with one attached hydrogen (secondary N) is 1. The number of aromatic nitrogens is 3. The number of ether oxygens (including phenoxy) is 2. The molecular weight excluding hydrogens is 391 g/mol. The van der Waals surface area contributed by atoms with E-state index in [1.54, 1.807) is 44.2 Å². The van der Waals surface area contributed by atoms with Gasteiger partial charge in [-0.05, 0) is 43.7 Å². The van der Waals surface area contributed by atoms with Gasteiger partial charge in [-0.3, -0.25) is 4.57 Å². The molecule has 4 rings (SSSR count). The van der Waals surface area contributed by atoms with E-state index in [-0.39, 0.29) is 24.4 Å². The van der Waals surface area contributed by atoms with Crippen LogP contribution >= 0.6 is 0 Å². The maximum Gasteiger partial charge on any atom is 0.355 e. The van der Waals surface area contributed by atoms with Gasteiger partial charge in [0, 0.05) is 17.8 Å². The first-order valence-corrected chi connectivity index (χ1v) is 9.57.